The lowest BCUT2D eigenvalue weighted by atomic mass is 9.81. The van der Waals surface area contributed by atoms with Crippen molar-refractivity contribution in [2.24, 2.45) is 0 Å². The van der Waals surface area contributed by atoms with Gasteiger partial charge in [0, 0.05) is 32.1 Å². The molecular weight excluding hydrogens is 143 g/mol. The van der Waals surface area contributed by atoms with Crippen LogP contribution in [0.25, 0.3) is 0 Å². The molecule has 0 unspecified atom stereocenters. The van der Waals surface area contributed by atoms with E-state index in [1.54, 1.807) is 26.6 Å². The van der Waals surface area contributed by atoms with Crippen molar-refractivity contribution < 1.29 is 9.31 Å². The van der Waals surface area contributed by atoms with Crippen molar-refractivity contribution in [3.05, 3.63) is 18.7 Å². The number of hydrogen-bond acceptors (Lipinski definition) is 4. The van der Waals surface area contributed by atoms with Gasteiger partial charge in [-0.25, -0.2) is 9.97 Å². The van der Waals surface area contributed by atoms with E-state index in [1.165, 1.54) is 6.33 Å². The molecule has 5 heteroatoms. The van der Waals surface area contributed by atoms with E-state index in [9.17, 15) is 0 Å². The van der Waals surface area contributed by atoms with Crippen LogP contribution in [0.15, 0.2) is 18.7 Å². The lowest BCUT2D eigenvalue weighted by Crippen LogP contribution is -2.35. The van der Waals surface area contributed by atoms with Crippen molar-refractivity contribution in [2.75, 3.05) is 14.2 Å². The standard InChI is InChI=1S/C6H9BN2O2/c1-10-7(11-2)6-3-8-5-9-4-6/h3-5H,1-2H3. The van der Waals surface area contributed by atoms with E-state index in [-0.39, 0.29) is 7.12 Å². The van der Waals surface area contributed by atoms with Gasteiger partial charge in [-0.3, -0.25) is 0 Å². The third-order valence-electron chi connectivity index (χ3n) is 1.28. The Hall–Kier alpha value is -0.935. The molecule has 0 saturated heterocycles. The van der Waals surface area contributed by atoms with Gasteiger partial charge in [0.25, 0.3) is 0 Å². The van der Waals surface area contributed by atoms with Gasteiger partial charge in [-0.05, 0) is 0 Å². The first-order chi connectivity index (χ1) is 5.38. The zero-order chi connectivity index (χ0) is 8.10. The molecule has 0 bridgehead atoms. The zero-order valence-corrected chi connectivity index (χ0v) is 6.52. The fraction of sp³-hybridized carbons (Fsp3) is 0.333. The molecule has 1 aromatic rings. The monoisotopic (exact) mass is 152 g/mol. The second kappa shape index (κ2) is 4.05. The summed E-state index contributed by atoms with van der Waals surface area (Å²) in [5.41, 5.74) is 0.817. The topological polar surface area (TPSA) is 44.2 Å². The fourth-order valence-electron chi connectivity index (χ4n) is 0.801. The van der Waals surface area contributed by atoms with E-state index in [4.69, 9.17) is 9.31 Å². The van der Waals surface area contributed by atoms with Gasteiger partial charge < -0.3 is 9.31 Å². The van der Waals surface area contributed by atoms with Crippen molar-refractivity contribution in [3.63, 3.8) is 0 Å². The van der Waals surface area contributed by atoms with Crippen LogP contribution in [0.5, 0.6) is 0 Å². The summed E-state index contributed by atoms with van der Waals surface area (Å²) in [5, 5.41) is 0. The van der Waals surface area contributed by atoms with E-state index < -0.39 is 0 Å². The van der Waals surface area contributed by atoms with Crippen LogP contribution in [0.4, 0.5) is 0 Å². The highest BCUT2D eigenvalue weighted by atomic mass is 16.6. The molecule has 1 heterocycles. The van der Waals surface area contributed by atoms with Crippen molar-refractivity contribution in [1.29, 1.82) is 0 Å². The molecule has 0 aliphatic carbocycles. The minimum Gasteiger partial charge on any atom is -0.410 e. The maximum Gasteiger partial charge on any atom is 0.496 e. The predicted octanol–water partition coefficient (Wildman–Crippen LogP) is -0.535. The van der Waals surface area contributed by atoms with Crippen LogP contribution in [0, 0.1) is 0 Å². The predicted molar refractivity (Wildman–Crippen MR) is 41.4 cm³/mol. The number of aromatic nitrogens is 2. The second-order valence-corrected chi connectivity index (χ2v) is 1.98. The van der Waals surface area contributed by atoms with Gasteiger partial charge in [-0.2, -0.15) is 0 Å². The quantitative estimate of drug-likeness (QED) is 0.545. The Labute approximate surface area is 65.7 Å². The molecular formula is C6H9BN2O2. The Morgan fingerprint density at radius 1 is 1.18 bits per heavy atom. The van der Waals surface area contributed by atoms with E-state index in [0.717, 1.165) is 5.46 Å². The second-order valence-electron chi connectivity index (χ2n) is 1.98. The van der Waals surface area contributed by atoms with Gasteiger partial charge in [-0.1, -0.05) is 0 Å². The summed E-state index contributed by atoms with van der Waals surface area (Å²) in [4.78, 5) is 7.66. The van der Waals surface area contributed by atoms with E-state index in [1.807, 2.05) is 0 Å². The highest BCUT2D eigenvalue weighted by molar-refractivity contribution is 6.60. The molecule has 0 amide bonds. The summed E-state index contributed by atoms with van der Waals surface area (Å²) in [6.07, 6.45) is 4.78. The van der Waals surface area contributed by atoms with Crippen molar-refractivity contribution >= 4 is 12.6 Å². The summed E-state index contributed by atoms with van der Waals surface area (Å²) in [7, 11) is 2.78. The Morgan fingerprint density at radius 2 is 1.73 bits per heavy atom. The van der Waals surface area contributed by atoms with Crippen LogP contribution in [0.3, 0.4) is 0 Å². The summed E-state index contributed by atoms with van der Waals surface area (Å²) < 4.78 is 9.97. The van der Waals surface area contributed by atoms with E-state index in [0.29, 0.717) is 0 Å². The lowest BCUT2D eigenvalue weighted by molar-refractivity contribution is 0.291. The van der Waals surface area contributed by atoms with E-state index in [2.05, 4.69) is 9.97 Å². The minimum absolute atomic E-state index is 0.365. The SMILES string of the molecule is COB(OC)c1cncnc1. The van der Waals surface area contributed by atoms with Crippen LogP contribution in [-0.2, 0) is 9.31 Å². The maximum atomic E-state index is 4.98. The summed E-state index contributed by atoms with van der Waals surface area (Å²) >= 11 is 0. The average Bonchev–Trinajstić information content (AvgIpc) is 2.09. The Balaban J connectivity index is 2.74. The Bertz CT molecular complexity index is 203. The largest absolute Gasteiger partial charge is 0.496 e. The molecule has 11 heavy (non-hydrogen) atoms. The summed E-state index contributed by atoms with van der Waals surface area (Å²) in [5.74, 6) is 0. The summed E-state index contributed by atoms with van der Waals surface area (Å²) in [6.45, 7) is 0. The maximum absolute atomic E-state index is 4.98. The van der Waals surface area contributed by atoms with Crippen LogP contribution < -0.4 is 5.46 Å². The highest BCUT2D eigenvalue weighted by Crippen LogP contribution is 1.84. The minimum atomic E-state index is -0.365. The molecule has 0 aliphatic rings. The number of nitrogens with zero attached hydrogens (tertiary/aromatic N) is 2. The molecule has 0 N–H and O–H groups in total. The molecule has 0 radical (unpaired) electrons. The van der Waals surface area contributed by atoms with Gasteiger partial charge in [0.15, 0.2) is 0 Å². The number of hydrogen-bond donors (Lipinski definition) is 0. The first-order valence-corrected chi connectivity index (χ1v) is 3.19. The fourth-order valence-corrected chi connectivity index (χ4v) is 0.801. The molecule has 0 aromatic carbocycles. The first-order valence-electron chi connectivity index (χ1n) is 3.19. The van der Waals surface area contributed by atoms with Gasteiger partial charge in [0.2, 0.25) is 0 Å². The van der Waals surface area contributed by atoms with Crippen LogP contribution in [0.2, 0.25) is 0 Å². The van der Waals surface area contributed by atoms with Crippen LogP contribution in [-0.4, -0.2) is 31.3 Å². The third-order valence-corrected chi connectivity index (χ3v) is 1.28. The molecule has 1 rings (SSSR count). The van der Waals surface area contributed by atoms with Gasteiger partial charge in [0.05, 0.1) is 0 Å². The smallest absolute Gasteiger partial charge is 0.410 e. The van der Waals surface area contributed by atoms with Gasteiger partial charge >= 0.3 is 7.12 Å². The molecule has 1 aromatic heterocycles. The molecule has 58 valence electrons. The van der Waals surface area contributed by atoms with Gasteiger partial charge in [-0.15, -0.1) is 0 Å². The molecule has 0 fully saturated rings. The molecule has 0 saturated carbocycles. The van der Waals surface area contributed by atoms with E-state index >= 15 is 0 Å². The molecule has 0 atom stereocenters. The van der Waals surface area contributed by atoms with Crippen LogP contribution in [0.1, 0.15) is 0 Å². The molecule has 4 nitrogen and oxygen atoms in total. The normalized spacial score (nSPS) is 9.64. The molecule has 0 spiro atoms. The van der Waals surface area contributed by atoms with Crippen molar-refractivity contribution in [1.82, 2.24) is 9.97 Å². The summed E-state index contributed by atoms with van der Waals surface area (Å²) in [6, 6.07) is 0. The Morgan fingerprint density at radius 3 is 2.18 bits per heavy atom. The number of rotatable bonds is 3. The third kappa shape index (κ3) is 1.99. The zero-order valence-electron chi connectivity index (χ0n) is 6.52. The van der Waals surface area contributed by atoms with Gasteiger partial charge in [0.1, 0.15) is 6.33 Å². The highest BCUT2D eigenvalue weighted by Gasteiger charge is 2.17. The van der Waals surface area contributed by atoms with Crippen LogP contribution >= 0.6 is 0 Å². The lowest BCUT2D eigenvalue weighted by Gasteiger charge is -2.05. The molecule has 0 aliphatic heterocycles. The van der Waals surface area contributed by atoms with Crippen molar-refractivity contribution in [3.8, 4) is 0 Å². The van der Waals surface area contributed by atoms with Crippen molar-refractivity contribution in [2.45, 2.75) is 0 Å². The first kappa shape index (κ1) is 8.16. The average molecular weight is 152 g/mol. The Kier molecular flexibility index (Phi) is 3.01.